The largest absolute Gasteiger partial charge is 0.466 e. The Morgan fingerprint density at radius 1 is 1.60 bits per heavy atom. The minimum atomic E-state index is -0.420. The second-order valence-electron chi connectivity index (χ2n) is 3.15. The summed E-state index contributed by atoms with van der Waals surface area (Å²) >= 11 is 1.91. The van der Waals surface area contributed by atoms with Crippen molar-refractivity contribution >= 4 is 28.6 Å². The number of rotatable bonds is 3. The number of halogens is 2. The van der Waals surface area contributed by atoms with Gasteiger partial charge in [0.05, 0.1) is 12.5 Å². The van der Waals surface area contributed by atoms with Crippen LogP contribution in [0, 0.1) is 9.39 Å². The lowest BCUT2D eigenvalue weighted by Crippen LogP contribution is -2.13. The van der Waals surface area contributed by atoms with E-state index in [-0.39, 0.29) is 11.8 Å². The lowest BCUT2D eigenvalue weighted by atomic mass is 10.0. The van der Waals surface area contributed by atoms with Crippen LogP contribution in [0.3, 0.4) is 0 Å². The number of hydrogen-bond donors (Lipinski definition) is 0. The molecule has 1 aromatic rings. The number of benzene rings is 1. The summed E-state index contributed by atoms with van der Waals surface area (Å²) in [5.74, 6) is -1.04. The van der Waals surface area contributed by atoms with E-state index in [1.165, 1.54) is 6.07 Å². The van der Waals surface area contributed by atoms with Gasteiger partial charge < -0.3 is 4.74 Å². The molecule has 15 heavy (non-hydrogen) atoms. The fraction of sp³-hybridized carbons (Fsp3) is 0.364. The molecule has 0 amide bonds. The fourth-order valence-corrected chi connectivity index (χ4v) is 1.52. The highest BCUT2D eigenvalue weighted by molar-refractivity contribution is 14.1. The van der Waals surface area contributed by atoms with Crippen molar-refractivity contribution in [2.24, 2.45) is 0 Å². The van der Waals surface area contributed by atoms with E-state index in [1.807, 2.05) is 22.6 Å². The molecular formula is C11H12FIO2. The van der Waals surface area contributed by atoms with Crippen molar-refractivity contribution in [3.05, 3.63) is 33.1 Å². The highest BCUT2D eigenvalue weighted by Crippen LogP contribution is 2.20. The van der Waals surface area contributed by atoms with Crippen molar-refractivity contribution in [1.82, 2.24) is 0 Å². The molecule has 0 spiro atoms. The molecule has 0 aliphatic heterocycles. The summed E-state index contributed by atoms with van der Waals surface area (Å²) in [6.45, 7) is 3.80. The van der Waals surface area contributed by atoms with Gasteiger partial charge in [-0.2, -0.15) is 0 Å². The van der Waals surface area contributed by atoms with Crippen molar-refractivity contribution in [1.29, 1.82) is 0 Å². The van der Waals surface area contributed by atoms with E-state index in [1.54, 1.807) is 26.0 Å². The van der Waals surface area contributed by atoms with Crippen LogP contribution in [0.2, 0.25) is 0 Å². The van der Waals surface area contributed by atoms with Gasteiger partial charge in [0.15, 0.2) is 0 Å². The average molecular weight is 322 g/mol. The van der Waals surface area contributed by atoms with Gasteiger partial charge in [0.1, 0.15) is 5.82 Å². The van der Waals surface area contributed by atoms with Gasteiger partial charge in [-0.15, -0.1) is 0 Å². The molecule has 0 radical (unpaired) electrons. The van der Waals surface area contributed by atoms with Gasteiger partial charge in [-0.25, -0.2) is 4.39 Å². The van der Waals surface area contributed by atoms with Crippen LogP contribution in [0.25, 0.3) is 0 Å². The van der Waals surface area contributed by atoms with Crippen molar-refractivity contribution in [2.45, 2.75) is 19.8 Å². The van der Waals surface area contributed by atoms with E-state index in [0.29, 0.717) is 15.7 Å². The first-order chi connectivity index (χ1) is 7.06. The van der Waals surface area contributed by atoms with E-state index < -0.39 is 5.92 Å². The topological polar surface area (TPSA) is 26.3 Å². The van der Waals surface area contributed by atoms with Crippen LogP contribution in [-0.2, 0) is 9.53 Å². The molecule has 4 heteroatoms. The zero-order valence-electron chi connectivity index (χ0n) is 8.59. The predicted octanol–water partition coefficient (Wildman–Crippen LogP) is 3.10. The van der Waals surface area contributed by atoms with Gasteiger partial charge in [-0.3, -0.25) is 4.79 Å². The van der Waals surface area contributed by atoms with Crippen LogP contribution < -0.4 is 0 Å². The van der Waals surface area contributed by atoms with Gasteiger partial charge in [0, 0.05) is 3.57 Å². The Kier molecular flexibility index (Phi) is 4.50. The number of carbonyl (C=O) groups excluding carboxylic acids is 1. The number of esters is 1. The Balaban J connectivity index is 2.86. The molecule has 0 fully saturated rings. The summed E-state index contributed by atoms with van der Waals surface area (Å²) in [5, 5.41) is 0. The minimum Gasteiger partial charge on any atom is -0.466 e. The molecular weight excluding hydrogens is 310 g/mol. The van der Waals surface area contributed by atoms with E-state index in [4.69, 9.17) is 4.74 Å². The molecule has 0 heterocycles. The maximum Gasteiger partial charge on any atom is 0.313 e. The van der Waals surface area contributed by atoms with Gasteiger partial charge in [-0.1, -0.05) is 6.07 Å². The third-order valence-corrected chi connectivity index (χ3v) is 2.96. The van der Waals surface area contributed by atoms with Crippen LogP contribution >= 0.6 is 22.6 Å². The van der Waals surface area contributed by atoms with Crippen molar-refractivity contribution in [3.63, 3.8) is 0 Å². The second kappa shape index (κ2) is 5.44. The summed E-state index contributed by atoms with van der Waals surface area (Å²) in [7, 11) is 0. The van der Waals surface area contributed by atoms with Crippen LogP contribution in [0.4, 0.5) is 4.39 Å². The number of hydrogen-bond acceptors (Lipinski definition) is 2. The number of ether oxygens (including phenoxy) is 1. The molecule has 0 aliphatic rings. The number of carbonyl (C=O) groups is 1. The third-order valence-electron chi connectivity index (χ3n) is 2.08. The summed E-state index contributed by atoms with van der Waals surface area (Å²) in [6.07, 6.45) is 0. The van der Waals surface area contributed by atoms with E-state index in [0.717, 1.165) is 0 Å². The Labute approximate surface area is 102 Å². The standard InChI is InChI=1S/C11H12FIO2/c1-3-15-11(14)7(2)8-4-5-10(13)9(12)6-8/h4-7H,3H2,1-2H3/t7-/m1/s1. The van der Waals surface area contributed by atoms with E-state index in [2.05, 4.69) is 0 Å². The van der Waals surface area contributed by atoms with E-state index >= 15 is 0 Å². The zero-order valence-corrected chi connectivity index (χ0v) is 10.7. The summed E-state index contributed by atoms with van der Waals surface area (Å²) in [4.78, 5) is 11.4. The molecule has 1 aromatic carbocycles. The molecule has 0 aliphatic carbocycles. The predicted molar refractivity (Wildman–Crippen MR) is 64.2 cm³/mol. The Morgan fingerprint density at radius 3 is 2.80 bits per heavy atom. The minimum absolute atomic E-state index is 0.302. The first kappa shape index (κ1) is 12.4. The summed E-state index contributed by atoms with van der Waals surface area (Å²) in [5.41, 5.74) is 0.645. The first-order valence-electron chi connectivity index (χ1n) is 4.67. The highest BCUT2D eigenvalue weighted by atomic mass is 127. The maximum absolute atomic E-state index is 13.2. The fourth-order valence-electron chi connectivity index (χ4n) is 1.19. The lowest BCUT2D eigenvalue weighted by Gasteiger charge is -2.10. The SMILES string of the molecule is CCOC(=O)[C@H](C)c1ccc(I)c(F)c1. The van der Waals surface area contributed by atoms with Crippen LogP contribution in [0.5, 0.6) is 0 Å². The summed E-state index contributed by atoms with van der Waals surface area (Å²) in [6, 6.07) is 4.77. The van der Waals surface area contributed by atoms with Crippen LogP contribution in [0.15, 0.2) is 18.2 Å². The zero-order chi connectivity index (χ0) is 11.4. The molecule has 1 atom stereocenters. The van der Waals surface area contributed by atoms with Gasteiger partial charge in [-0.05, 0) is 54.1 Å². The highest BCUT2D eigenvalue weighted by Gasteiger charge is 2.17. The molecule has 0 N–H and O–H groups in total. The van der Waals surface area contributed by atoms with Crippen LogP contribution in [-0.4, -0.2) is 12.6 Å². The molecule has 0 unspecified atom stereocenters. The maximum atomic E-state index is 13.2. The lowest BCUT2D eigenvalue weighted by molar-refractivity contribution is -0.144. The Hall–Kier alpha value is -0.650. The van der Waals surface area contributed by atoms with Gasteiger partial charge in [0.2, 0.25) is 0 Å². The molecule has 0 aromatic heterocycles. The molecule has 82 valence electrons. The summed E-state index contributed by atoms with van der Waals surface area (Å²) < 4.78 is 18.6. The Bertz CT molecular complexity index is 366. The molecule has 1 rings (SSSR count). The molecule has 0 saturated carbocycles. The average Bonchev–Trinajstić information content (AvgIpc) is 2.21. The van der Waals surface area contributed by atoms with Gasteiger partial charge in [0.25, 0.3) is 0 Å². The first-order valence-corrected chi connectivity index (χ1v) is 5.75. The normalized spacial score (nSPS) is 12.3. The smallest absolute Gasteiger partial charge is 0.313 e. The van der Waals surface area contributed by atoms with Gasteiger partial charge >= 0.3 is 5.97 Å². The van der Waals surface area contributed by atoms with Crippen molar-refractivity contribution in [2.75, 3.05) is 6.61 Å². The van der Waals surface area contributed by atoms with Crippen molar-refractivity contribution in [3.8, 4) is 0 Å². The van der Waals surface area contributed by atoms with Crippen molar-refractivity contribution < 1.29 is 13.9 Å². The van der Waals surface area contributed by atoms with E-state index in [9.17, 15) is 9.18 Å². The monoisotopic (exact) mass is 322 g/mol. The molecule has 0 bridgehead atoms. The molecule has 0 saturated heterocycles. The quantitative estimate of drug-likeness (QED) is 0.631. The second-order valence-corrected chi connectivity index (χ2v) is 4.31. The third kappa shape index (κ3) is 3.15. The molecule has 2 nitrogen and oxygen atoms in total. The van der Waals surface area contributed by atoms with Crippen LogP contribution in [0.1, 0.15) is 25.3 Å². The Morgan fingerprint density at radius 2 is 2.27 bits per heavy atom.